The van der Waals surface area contributed by atoms with E-state index >= 15 is 0 Å². The van der Waals surface area contributed by atoms with Crippen LogP contribution in [0.2, 0.25) is 0 Å². The molecule has 4 amide bonds. The molecular formula is C22H24FN5O5S. The molecule has 1 saturated heterocycles. The average Bonchev–Trinajstić information content (AvgIpc) is 2.80. The Morgan fingerprint density at radius 1 is 1.06 bits per heavy atom. The monoisotopic (exact) mass is 489 g/mol. The van der Waals surface area contributed by atoms with Crippen molar-refractivity contribution in [3.05, 3.63) is 59.9 Å². The highest BCUT2D eigenvalue weighted by Gasteiger charge is 2.38. The van der Waals surface area contributed by atoms with Crippen LogP contribution < -0.4 is 31.3 Å². The number of methoxy groups -OCH3 is 1. The summed E-state index contributed by atoms with van der Waals surface area (Å²) in [6.07, 6.45) is -0.933. The lowest BCUT2D eigenvalue weighted by Crippen LogP contribution is -2.72. The Balaban J connectivity index is 1.58. The van der Waals surface area contributed by atoms with Crippen LogP contribution in [0, 0.1) is 5.82 Å². The first kappa shape index (κ1) is 25.0. The molecule has 1 heterocycles. The molecule has 0 radical (unpaired) electrons. The predicted molar refractivity (Wildman–Crippen MR) is 124 cm³/mol. The second-order valence-electron chi connectivity index (χ2n) is 7.28. The number of carbonyl (C=O) groups excluding carboxylic acids is 4. The maximum Gasteiger partial charge on any atom is 0.252 e. The normalized spacial score (nSPS) is 19.5. The number of carbonyl (C=O) groups is 4. The topological polar surface area (TPSA) is 138 Å². The average molecular weight is 490 g/mol. The van der Waals surface area contributed by atoms with E-state index in [0.29, 0.717) is 11.4 Å². The lowest BCUT2D eigenvalue weighted by atomic mass is 10.1. The van der Waals surface area contributed by atoms with Crippen LogP contribution in [0.15, 0.2) is 48.5 Å². The van der Waals surface area contributed by atoms with Gasteiger partial charge in [-0.2, -0.15) is 0 Å². The van der Waals surface area contributed by atoms with Gasteiger partial charge in [0, 0.05) is 18.2 Å². The quantitative estimate of drug-likeness (QED) is 0.369. The highest BCUT2D eigenvalue weighted by Crippen LogP contribution is 2.17. The van der Waals surface area contributed by atoms with Crippen molar-refractivity contribution in [3.8, 4) is 5.75 Å². The molecule has 0 aromatic heterocycles. The highest BCUT2D eigenvalue weighted by atomic mass is 32.2. The molecule has 3 rings (SSSR count). The zero-order chi connectivity index (χ0) is 24.7. The molecule has 0 spiro atoms. The SMILES string of the molecule is COc1ccc(NC(=O)CSC2NC(=O)C(NC(=O)c3ccc(F)cc3)C(NC(C)=O)N2)cc1. The molecule has 10 nitrogen and oxygen atoms in total. The third-order valence-electron chi connectivity index (χ3n) is 4.73. The van der Waals surface area contributed by atoms with Crippen molar-refractivity contribution in [3.63, 3.8) is 0 Å². The Morgan fingerprint density at radius 2 is 1.74 bits per heavy atom. The van der Waals surface area contributed by atoms with E-state index in [1.165, 1.54) is 19.1 Å². The first-order valence-corrected chi connectivity index (χ1v) is 11.3. The van der Waals surface area contributed by atoms with Gasteiger partial charge in [0.15, 0.2) is 0 Å². The zero-order valence-electron chi connectivity index (χ0n) is 18.4. The molecule has 0 aliphatic carbocycles. The molecule has 34 heavy (non-hydrogen) atoms. The van der Waals surface area contributed by atoms with Crippen molar-refractivity contribution in [2.24, 2.45) is 0 Å². The minimum atomic E-state index is -1.13. The van der Waals surface area contributed by atoms with Crippen LogP contribution in [0.3, 0.4) is 0 Å². The maximum absolute atomic E-state index is 13.1. The molecule has 2 aromatic rings. The summed E-state index contributed by atoms with van der Waals surface area (Å²) in [5.74, 6) is -1.72. The van der Waals surface area contributed by atoms with Gasteiger partial charge in [0.25, 0.3) is 5.91 Å². The summed E-state index contributed by atoms with van der Waals surface area (Å²) in [5, 5.41) is 13.5. The van der Waals surface area contributed by atoms with E-state index in [2.05, 4.69) is 26.6 Å². The number of rotatable bonds is 8. The third kappa shape index (κ3) is 6.93. The summed E-state index contributed by atoms with van der Waals surface area (Å²) in [7, 11) is 1.54. The number of halogens is 1. The van der Waals surface area contributed by atoms with Gasteiger partial charge < -0.3 is 26.0 Å². The van der Waals surface area contributed by atoms with E-state index in [9.17, 15) is 23.6 Å². The third-order valence-corrected chi connectivity index (χ3v) is 5.74. The molecule has 1 fully saturated rings. The zero-order valence-corrected chi connectivity index (χ0v) is 19.2. The Hall–Kier alpha value is -3.64. The Bertz CT molecular complexity index is 1050. The lowest BCUT2D eigenvalue weighted by Gasteiger charge is -2.37. The summed E-state index contributed by atoms with van der Waals surface area (Å²) < 4.78 is 18.2. The van der Waals surface area contributed by atoms with E-state index in [1.807, 2.05) is 0 Å². The summed E-state index contributed by atoms with van der Waals surface area (Å²) in [4.78, 5) is 49.1. The summed E-state index contributed by atoms with van der Waals surface area (Å²) in [5.41, 5.74) is 0.0409. The molecule has 1 aliphatic heterocycles. The molecular weight excluding hydrogens is 465 g/mol. The fraction of sp³-hybridized carbons (Fsp3) is 0.273. The van der Waals surface area contributed by atoms with Gasteiger partial charge in [-0.15, -0.1) is 11.8 Å². The second-order valence-corrected chi connectivity index (χ2v) is 8.37. The van der Waals surface area contributed by atoms with E-state index in [4.69, 9.17) is 4.74 Å². The fourth-order valence-electron chi connectivity index (χ4n) is 3.11. The number of anilines is 1. The number of benzene rings is 2. The van der Waals surface area contributed by atoms with Gasteiger partial charge in [-0.05, 0) is 48.5 Å². The molecule has 0 saturated carbocycles. The molecule has 0 bridgehead atoms. The summed E-state index contributed by atoms with van der Waals surface area (Å²) in [6.45, 7) is 1.28. The van der Waals surface area contributed by atoms with Crippen molar-refractivity contribution in [2.75, 3.05) is 18.2 Å². The van der Waals surface area contributed by atoms with Crippen LogP contribution in [0.5, 0.6) is 5.75 Å². The minimum absolute atomic E-state index is 0.00335. The smallest absolute Gasteiger partial charge is 0.252 e. The van der Waals surface area contributed by atoms with Crippen LogP contribution in [-0.2, 0) is 14.4 Å². The van der Waals surface area contributed by atoms with Crippen molar-refractivity contribution in [1.29, 1.82) is 0 Å². The van der Waals surface area contributed by atoms with Gasteiger partial charge in [0.05, 0.1) is 12.9 Å². The maximum atomic E-state index is 13.1. The van der Waals surface area contributed by atoms with Gasteiger partial charge in [-0.25, -0.2) is 4.39 Å². The van der Waals surface area contributed by atoms with Gasteiger partial charge in [-0.3, -0.25) is 24.5 Å². The highest BCUT2D eigenvalue weighted by molar-refractivity contribution is 8.00. The molecule has 12 heteroatoms. The molecule has 1 aliphatic rings. The molecule has 2 aromatic carbocycles. The van der Waals surface area contributed by atoms with Crippen LogP contribution in [0.1, 0.15) is 17.3 Å². The standard InChI is InChI=1S/C22H24FN5O5S/c1-12(29)24-19-18(26-20(31)13-3-5-14(23)6-4-13)21(32)28-22(27-19)34-11-17(30)25-15-7-9-16(33-2)10-8-15/h3-10,18-19,22,27H,11H2,1-2H3,(H,24,29)(H,25,30)(H,26,31)(H,28,32). The number of nitrogens with one attached hydrogen (secondary N) is 5. The first-order chi connectivity index (χ1) is 16.2. The fourth-order valence-corrected chi connectivity index (χ4v) is 3.94. The van der Waals surface area contributed by atoms with E-state index in [1.54, 1.807) is 31.4 Å². The van der Waals surface area contributed by atoms with Crippen molar-refractivity contribution in [1.82, 2.24) is 21.3 Å². The number of hydrogen-bond donors (Lipinski definition) is 5. The van der Waals surface area contributed by atoms with Crippen LogP contribution in [0.4, 0.5) is 10.1 Å². The van der Waals surface area contributed by atoms with Gasteiger partial charge >= 0.3 is 0 Å². The largest absolute Gasteiger partial charge is 0.497 e. The van der Waals surface area contributed by atoms with Gasteiger partial charge in [0.2, 0.25) is 17.7 Å². The lowest BCUT2D eigenvalue weighted by molar-refractivity contribution is -0.127. The first-order valence-electron chi connectivity index (χ1n) is 10.2. The Morgan fingerprint density at radius 3 is 2.35 bits per heavy atom. The Kier molecular flexibility index (Phi) is 8.44. The minimum Gasteiger partial charge on any atom is -0.497 e. The van der Waals surface area contributed by atoms with Gasteiger partial charge in [0.1, 0.15) is 29.3 Å². The van der Waals surface area contributed by atoms with Crippen LogP contribution in [0.25, 0.3) is 0 Å². The molecule has 3 atom stereocenters. The number of amides is 4. The van der Waals surface area contributed by atoms with Crippen LogP contribution in [-0.4, -0.2) is 54.2 Å². The van der Waals surface area contributed by atoms with E-state index in [0.717, 1.165) is 23.9 Å². The number of ether oxygens (including phenoxy) is 1. The van der Waals surface area contributed by atoms with Crippen LogP contribution >= 0.6 is 11.8 Å². The molecule has 5 N–H and O–H groups in total. The van der Waals surface area contributed by atoms with Gasteiger partial charge in [-0.1, -0.05) is 0 Å². The van der Waals surface area contributed by atoms with Crippen molar-refractivity contribution >= 4 is 41.1 Å². The second kappa shape index (κ2) is 11.5. The number of thioether (sulfide) groups is 1. The summed E-state index contributed by atoms with van der Waals surface area (Å²) in [6, 6.07) is 10.5. The number of hydrogen-bond acceptors (Lipinski definition) is 7. The van der Waals surface area contributed by atoms with Crippen molar-refractivity contribution < 1.29 is 28.3 Å². The molecule has 180 valence electrons. The molecule has 3 unspecified atom stereocenters. The summed E-state index contributed by atoms with van der Waals surface area (Å²) >= 11 is 1.10. The van der Waals surface area contributed by atoms with Crippen molar-refractivity contribution in [2.45, 2.75) is 24.6 Å². The Labute approximate surface area is 199 Å². The predicted octanol–water partition coefficient (Wildman–Crippen LogP) is 0.770. The van der Waals surface area contributed by atoms with E-state index < -0.39 is 41.2 Å². The van der Waals surface area contributed by atoms with E-state index in [-0.39, 0.29) is 17.2 Å².